The summed E-state index contributed by atoms with van der Waals surface area (Å²) in [6, 6.07) is 6.76. The Balaban J connectivity index is 2.20. The number of benzene rings is 1. The molecule has 1 heterocycles. The number of hydrogen-bond acceptors (Lipinski definition) is 6. The van der Waals surface area contributed by atoms with Gasteiger partial charge in [-0.1, -0.05) is 31.1 Å². The first-order valence-electron chi connectivity index (χ1n) is 8.56. The first-order chi connectivity index (χ1) is 12.5. The third-order valence-electron chi connectivity index (χ3n) is 3.75. The van der Waals surface area contributed by atoms with E-state index < -0.39 is 0 Å². The fourth-order valence-corrected chi connectivity index (χ4v) is 3.69. The molecule has 0 radical (unpaired) electrons. The number of rotatable bonds is 8. The molecule has 0 saturated carbocycles. The van der Waals surface area contributed by atoms with Gasteiger partial charge in [0.2, 0.25) is 0 Å². The minimum atomic E-state index is -0.381. The van der Waals surface area contributed by atoms with E-state index in [9.17, 15) is 9.59 Å². The highest BCUT2D eigenvalue weighted by Crippen LogP contribution is 2.26. The van der Waals surface area contributed by atoms with Gasteiger partial charge in [0.15, 0.2) is 3.95 Å². The van der Waals surface area contributed by atoms with Crippen molar-refractivity contribution in [3.05, 3.63) is 38.7 Å². The number of esters is 1. The lowest BCUT2D eigenvalue weighted by Crippen LogP contribution is -2.24. The number of nitrogens with one attached hydrogen (secondary N) is 1. The van der Waals surface area contributed by atoms with Crippen molar-refractivity contribution in [1.29, 1.82) is 0 Å². The van der Waals surface area contributed by atoms with Gasteiger partial charge in [0.05, 0.1) is 12.2 Å². The van der Waals surface area contributed by atoms with Crippen LogP contribution in [0.2, 0.25) is 0 Å². The Morgan fingerprint density at radius 3 is 2.54 bits per heavy atom. The number of nitrogens with zero attached hydrogens (tertiary/aromatic N) is 1. The van der Waals surface area contributed by atoms with Crippen molar-refractivity contribution in [2.24, 2.45) is 0 Å². The van der Waals surface area contributed by atoms with Gasteiger partial charge in [0.25, 0.3) is 5.91 Å². The quantitative estimate of drug-likeness (QED) is 0.403. The Labute approximate surface area is 162 Å². The Kier molecular flexibility index (Phi) is 7.35. The number of hydrogen-bond donors (Lipinski definition) is 2. The number of carbonyl (C=O) groups excluding carboxylic acids is 2. The van der Waals surface area contributed by atoms with Gasteiger partial charge in [-0.25, -0.2) is 4.79 Å². The van der Waals surface area contributed by atoms with Gasteiger partial charge in [-0.15, -0.1) is 0 Å². The maximum Gasteiger partial charge on any atom is 0.338 e. The summed E-state index contributed by atoms with van der Waals surface area (Å²) < 4.78 is 7.08. The topological polar surface area (TPSA) is 86.3 Å². The average Bonchev–Trinajstić information content (AvgIpc) is 2.93. The third kappa shape index (κ3) is 4.70. The largest absolute Gasteiger partial charge is 0.462 e. The van der Waals surface area contributed by atoms with E-state index in [1.165, 1.54) is 11.3 Å². The molecule has 0 aliphatic heterocycles. The highest BCUT2D eigenvalue weighted by atomic mass is 32.1. The predicted molar refractivity (Wildman–Crippen MR) is 107 cm³/mol. The molecule has 140 valence electrons. The Morgan fingerprint density at radius 1 is 1.23 bits per heavy atom. The molecule has 0 bridgehead atoms. The molecular weight excluding hydrogens is 370 g/mol. The maximum absolute atomic E-state index is 12.3. The molecule has 0 atom stereocenters. The first-order valence-corrected chi connectivity index (χ1v) is 9.79. The number of aromatic nitrogens is 1. The summed E-state index contributed by atoms with van der Waals surface area (Å²) in [5.41, 5.74) is 7.31. The molecule has 8 heteroatoms. The highest BCUT2D eigenvalue weighted by molar-refractivity contribution is 7.73. The van der Waals surface area contributed by atoms with Crippen molar-refractivity contribution in [3.8, 4) is 5.69 Å². The van der Waals surface area contributed by atoms with Crippen molar-refractivity contribution in [3.63, 3.8) is 0 Å². The molecule has 0 saturated heterocycles. The van der Waals surface area contributed by atoms with E-state index in [4.69, 9.17) is 22.7 Å². The zero-order chi connectivity index (χ0) is 19.1. The van der Waals surface area contributed by atoms with Crippen LogP contribution in [0.3, 0.4) is 0 Å². The zero-order valence-corrected chi connectivity index (χ0v) is 16.5. The lowest BCUT2D eigenvalue weighted by Gasteiger charge is -2.08. The Bertz CT molecular complexity index is 825. The van der Waals surface area contributed by atoms with Crippen molar-refractivity contribution in [2.75, 3.05) is 18.9 Å². The van der Waals surface area contributed by atoms with E-state index in [0.29, 0.717) is 39.1 Å². The number of nitrogen functional groups attached to an aromatic ring is 1. The number of unbranched alkanes of at least 4 members (excludes halogenated alkanes) is 2. The monoisotopic (exact) mass is 393 g/mol. The summed E-state index contributed by atoms with van der Waals surface area (Å²) >= 11 is 6.55. The number of ether oxygens (including phenoxy) is 1. The number of carbonyl (C=O) groups is 2. The van der Waals surface area contributed by atoms with E-state index >= 15 is 0 Å². The van der Waals surface area contributed by atoms with Crippen LogP contribution in [-0.4, -0.2) is 29.6 Å². The number of anilines is 1. The molecular formula is C18H23N3O3S2. The number of thiazole rings is 1. The molecule has 0 spiro atoms. The fraction of sp³-hybridized carbons (Fsp3) is 0.389. The van der Waals surface area contributed by atoms with Crippen LogP contribution in [0.1, 0.15) is 53.1 Å². The third-order valence-corrected chi connectivity index (χ3v) is 5.14. The molecule has 26 heavy (non-hydrogen) atoms. The molecule has 3 N–H and O–H groups in total. The van der Waals surface area contributed by atoms with Crippen LogP contribution in [0, 0.1) is 3.95 Å². The van der Waals surface area contributed by atoms with Crippen LogP contribution in [-0.2, 0) is 4.74 Å². The normalized spacial score (nSPS) is 10.5. The van der Waals surface area contributed by atoms with Gasteiger partial charge >= 0.3 is 5.97 Å². The Hall–Kier alpha value is -2.19. The molecule has 0 unspecified atom stereocenters. The van der Waals surface area contributed by atoms with Gasteiger partial charge in [-0.05, 0) is 49.8 Å². The minimum Gasteiger partial charge on any atom is -0.462 e. The Morgan fingerprint density at radius 2 is 1.92 bits per heavy atom. The molecule has 0 fully saturated rings. The number of nitrogens with two attached hydrogens (primary N) is 1. The summed E-state index contributed by atoms with van der Waals surface area (Å²) in [6.45, 7) is 4.80. The summed E-state index contributed by atoms with van der Waals surface area (Å²) in [4.78, 5) is 24.5. The SMILES string of the molecule is CCCCCNC(=O)c1sc(=S)n(-c2ccc(C(=O)OCC)cc2)c1N. The van der Waals surface area contributed by atoms with E-state index in [1.54, 1.807) is 35.8 Å². The summed E-state index contributed by atoms with van der Waals surface area (Å²) in [7, 11) is 0. The molecule has 6 nitrogen and oxygen atoms in total. The second kappa shape index (κ2) is 9.49. The van der Waals surface area contributed by atoms with Gasteiger partial charge in [-0.2, -0.15) is 0 Å². The summed E-state index contributed by atoms with van der Waals surface area (Å²) in [5, 5.41) is 2.88. The fourth-order valence-electron chi connectivity index (χ4n) is 2.41. The van der Waals surface area contributed by atoms with Crippen LogP contribution in [0.4, 0.5) is 5.82 Å². The molecule has 1 amide bonds. The first kappa shape index (κ1) is 20.1. The standard InChI is InChI=1S/C18H23N3O3S2/c1-3-5-6-11-20-16(22)14-15(19)21(18(25)26-14)13-9-7-12(8-10-13)17(23)24-4-2/h7-10H,3-6,11,19H2,1-2H3,(H,20,22). The van der Waals surface area contributed by atoms with Gasteiger partial charge in [-0.3, -0.25) is 9.36 Å². The van der Waals surface area contributed by atoms with Crippen molar-refractivity contribution in [1.82, 2.24) is 9.88 Å². The second-order valence-corrected chi connectivity index (χ2v) is 7.29. The van der Waals surface area contributed by atoms with Gasteiger partial charge in [0, 0.05) is 12.2 Å². The molecule has 2 rings (SSSR count). The van der Waals surface area contributed by atoms with Crippen LogP contribution < -0.4 is 11.1 Å². The number of amides is 1. The zero-order valence-electron chi connectivity index (χ0n) is 14.9. The molecule has 0 aliphatic carbocycles. The van der Waals surface area contributed by atoms with Crippen LogP contribution >= 0.6 is 23.6 Å². The molecule has 2 aromatic rings. The van der Waals surface area contributed by atoms with Crippen molar-refractivity contribution >= 4 is 41.2 Å². The van der Waals surface area contributed by atoms with Crippen LogP contribution in [0.15, 0.2) is 24.3 Å². The van der Waals surface area contributed by atoms with Gasteiger partial charge in [0.1, 0.15) is 10.7 Å². The molecule has 1 aromatic heterocycles. The van der Waals surface area contributed by atoms with E-state index in [2.05, 4.69) is 12.2 Å². The molecule has 0 aliphatic rings. The minimum absolute atomic E-state index is 0.211. The van der Waals surface area contributed by atoms with Gasteiger partial charge < -0.3 is 15.8 Å². The van der Waals surface area contributed by atoms with Crippen molar-refractivity contribution in [2.45, 2.75) is 33.1 Å². The van der Waals surface area contributed by atoms with Crippen LogP contribution in [0.25, 0.3) is 5.69 Å². The van der Waals surface area contributed by atoms with E-state index in [1.807, 2.05) is 0 Å². The average molecular weight is 394 g/mol. The highest BCUT2D eigenvalue weighted by Gasteiger charge is 2.18. The van der Waals surface area contributed by atoms with Crippen molar-refractivity contribution < 1.29 is 14.3 Å². The summed E-state index contributed by atoms with van der Waals surface area (Å²) in [5.74, 6) is -0.290. The lowest BCUT2D eigenvalue weighted by molar-refractivity contribution is 0.0526. The van der Waals surface area contributed by atoms with E-state index in [0.717, 1.165) is 19.3 Å². The van der Waals surface area contributed by atoms with E-state index in [-0.39, 0.29) is 11.9 Å². The smallest absolute Gasteiger partial charge is 0.338 e. The maximum atomic E-state index is 12.3. The van der Waals surface area contributed by atoms with Crippen LogP contribution in [0.5, 0.6) is 0 Å². The molecule has 1 aromatic carbocycles. The lowest BCUT2D eigenvalue weighted by atomic mass is 10.2. The predicted octanol–water partition coefficient (Wildman–Crippen LogP) is 3.95. The summed E-state index contributed by atoms with van der Waals surface area (Å²) in [6.07, 6.45) is 3.10. The second-order valence-electron chi connectivity index (χ2n) is 5.65.